The van der Waals surface area contributed by atoms with Gasteiger partial charge < -0.3 is 5.11 Å². The summed E-state index contributed by atoms with van der Waals surface area (Å²) in [5.74, 6) is 0.320. The zero-order valence-electron chi connectivity index (χ0n) is 6.05. The number of aromatic hydroxyl groups is 1. The molecule has 1 aromatic rings. The van der Waals surface area contributed by atoms with Crippen LogP contribution in [0.1, 0.15) is 5.56 Å². The average molecular weight is 216 g/mol. The van der Waals surface area contributed by atoms with Gasteiger partial charge in [0.25, 0.3) is 0 Å². The van der Waals surface area contributed by atoms with E-state index in [4.69, 9.17) is 5.11 Å². The van der Waals surface area contributed by atoms with Crippen molar-refractivity contribution in [2.45, 2.75) is 6.42 Å². The third-order valence-electron chi connectivity index (χ3n) is 1.44. The molecule has 11 heavy (non-hydrogen) atoms. The third kappa shape index (κ3) is 2.91. The van der Waals surface area contributed by atoms with Crippen molar-refractivity contribution in [2.75, 3.05) is 6.54 Å². The Morgan fingerprint density at radius 3 is 2.45 bits per heavy atom. The van der Waals surface area contributed by atoms with Gasteiger partial charge in [-0.3, -0.25) is 4.34 Å². The molecular formula is C8H10BrNO. The van der Waals surface area contributed by atoms with Crippen molar-refractivity contribution >= 4 is 16.1 Å². The van der Waals surface area contributed by atoms with Crippen molar-refractivity contribution in [3.05, 3.63) is 29.8 Å². The molecule has 0 saturated heterocycles. The van der Waals surface area contributed by atoms with Crippen LogP contribution in [-0.2, 0) is 6.42 Å². The van der Waals surface area contributed by atoms with Crippen LogP contribution in [0.4, 0.5) is 0 Å². The van der Waals surface area contributed by atoms with Crippen molar-refractivity contribution in [1.29, 1.82) is 0 Å². The van der Waals surface area contributed by atoms with E-state index in [1.165, 1.54) is 5.56 Å². The topological polar surface area (TPSA) is 32.3 Å². The number of benzene rings is 1. The van der Waals surface area contributed by atoms with Crippen LogP contribution >= 0.6 is 16.1 Å². The Balaban J connectivity index is 2.52. The molecule has 0 unspecified atom stereocenters. The Bertz CT molecular complexity index is 210. The Kier molecular flexibility index (Phi) is 3.39. The molecule has 1 aromatic carbocycles. The molecule has 2 N–H and O–H groups in total. The minimum absolute atomic E-state index is 0.320. The molecule has 0 spiro atoms. The van der Waals surface area contributed by atoms with E-state index in [9.17, 15) is 0 Å². The Morgan fingerprint density at radius 1 is 1.27 bits per heavy atom. The first-order chi connectivity index (χ1) is 5.33. The summed E-state index contributed by atoms with van der Waals surface area (Å²) in [6.45, 7) is 0.894. The van der Waals surface area contributed by atoms with E-state index in [0.29, 0.717) is 5.75 Å². The van der Waals surface area contributed by atoms with Gasteiger partial charge in [-0.1, -0.05) is 12.1 Å². The molecule has 0 aliphatic carbocycles. The SMILES string of the molecule is Oc1ccc(CCNBr)cc1. The smallest absolute Gasteiger partial charge is 0.115 e. The van der Waals surface area contributed by atoms with Gasteiger partial charge in [0.2, 0.25) is 0 Å². The zero-order valence-corrected chi connectivity index (χ0v) is 7.63. The van der Waals surface area contributed by atoms with Crippen LogP contribution in [0.2, 0.25) is 0 Å². The summed E-state index contributed by atoms with van der Waals surface area (Å²) in [4.78, 5) is 0. The molecule has 0 aliphatic rings. The quantitative estimate of drug-likeness (QED) is 0.755. The number of rotatable bonds is 3. The zero-order chi connectivity index (χ0) is 8.10. The lowest BCUT2D eigenvalue weighted by Gasteiger charge is -1.98. The normalized spacial score (nSPS) is 9.91. The van der Waals surface area contributed by atoms with Crippen LogP contribution in [0.15, 0.2) is 24.3 Å². The van der Waals surface area contributed by atoms with E-state index in [0.717, 1.165) is 13.0 Å². The minimum Gasteiger partial charge on any atom is -0.508 e. The summed E-state index contributed by atoms with van der Waals surface area (Å²) in [5.41, 5.74) is 1.22. The van der Waals surface area contributed by atoms with Gasteiger partial charge >= 0.3 is 0 Å². The Labute approximate surface area is 74.6 Å². The maximum atomic E-state index is 8.96. The molecule has 0 saturated carbocycles. The lowest BCUT2D eigenvalue weighted by atomic mass is 10.1. The summed E-state index contributed by atoms with van der Waals surface area (Å²) in [6.07, 6.45) is 0.964. The standard InChI is InChI=1S/C8H10BrNO/c9-10-6-5-7-1-3-8(11)4-2-7/h1-4,10-11H,5-6H2. The van der Waals surface area contributed by atoms with E-state index >= 15 is 0 Å². The maximum Gasteiger partial charge on any atom is 0.115 e. The summed E-state index contributed by atoms with van der Waals surface area (Å²) < 4.78 is 2.88. The molecule has 0 radical (unpaired) electrons. The van der Waals surface area contributed by atoms with Gasteiger partial charge in [0, 0.05) is 22.7 Å². The number of hydrogen-bond acceptors (Lipinski definition) is 2. The first-order valence-electron chi connectivity index (χ1n) is 3.44. The lowest BCUT2D eigenvalue weighted by Crippen LogP contribution is -2.03. The second kappa shape index (κ2) is 4.36. The predicted octanol–water partition coefficient (Wildman–Crippen LogP) is 1.83. The fraction of sp³-hybridized carbons (Fsp3) is 0.250. The molecule has 0 atom stereocenters. The van der Waals surface area contributed by atoms with Gasteiger partial charge in [-0.25, -0.2) is 0 Å². The molecule has 1 rings (SSSR count). The number of phenols is 1. The Morgan fingerprint density at radius 2 is 1.91 bits per heavy atom. The van der Waals surface area contributed by atoms with Gasteiger partial charge in [-0.15, -0.1) is 0 Å². The predicted molar refractivity (Wildman–Crippen MR) is 48.7 cm³/mol. The van der Waals surface area contributed by atoms with Gasteiger partial charge in [0.15, 0.2) is 0 Å². The molecule has 0 fully saturated rings. The first-order valence-corrected chi connectivity index (χ1v) is 4.23. The Hall–Kier alpha value is -0.540. The van der Waals surface area contributed by atoms with E-state index < -0.39 is 0 Å². The number of nitrogens with one attached hydrogen (secondary N) is 1. The highest BCUT2D eigenvalue weighted by Crippen LogP contribution is 2.09. The highest BCUT2D eigenvalue weighted by molar-refractivity contribution is 9.08. The third-order valence-corrected chi connectivity index (χ3v) is 1.84. The molecular weight excluding hydrogens is 206 g/mol. The second-order valence-corrected chi connectivity index (χ2v) is 2.86. The van der Waals surface area contributed by atoms with E-state index in [-0.39, 0.29) is 0 Å². The van der Waals surface area contributed by atoms with Gasteiger partial charge in [0.1, 0.15) is 5.75 Å². The van der Waals surface area contributed by atoms with E-state index in [1.54, 1.807) is 12.1 Å². The number of halogens is 1. The van der Waals surface area contributed by atoms with Gasteiger partial charge in [-0.2, -0.15) is 0 Å². The van der Waals surface area contributed by atoms with Crippen molar-refractivity contribution in [3.63, 3.8) is 0 Å². The molecule has 0 heterocycles. The van der Waals surface area contributed by atoms with Gasteiger partial charge in [-0.05, 0) is 24.1 Å². The van der Waals surface area contributed by atoms with Crippen LogP contribution in [-0.4, -0.2) is 11.7 Å². The van der Waals surface area contributed by atoms with Crippen molar-refractivity contribution < 1.29 is 5.11 Å². The number of phenolic OH excluding ortho intramolecular Hbond substituents is 1. The summed E-state index contributed by atoms with van der Waals surface area (Å²) in [5, 5.41) is 8.96. The van der Waals surface area contributed by atoms with Crippen molar-refractivity contribution in [1.82, 2.24) is 4.34 Å². The molecule has 60 valence electrons. The molecule has 3 heteroatoms. The van der Waals surface area contributed by atoms with Crippen LogP contribution in [0.25, 0.3) is 0 Å². The van der Waals surface area contributed by atoms with Crippen LogP contribution in [0, 0.1) is 0 Å². The fourth-order valence-corrected chi connectivity index (χ4v) is 1.05. The first kappa shape index (κ1) is 8.56. The largest absolute Gasteiger partial charge is 0.508 e. The molecule has 0 aliphatic heterocycles. The van der Waals surface area contributed by atoms with Crippen LogP contribution in [0.5, 0.6) is 5.75 Å². The van der Waals surface area contributed by atoms with Crippen LogP contribution < -0.4 is 4.34 Å². The van der Waals surface area contributed by atoms with Gasteiger partial charge in [0.05, 0.1) is 0 Å². The molecule has 0 aromatic heterocycles. The van der Waals surface area contributed by atoms with Crippen molar-refractivity contribution in [3.8, 4) is 5.75 Å². The number of hydrogen-bond donors (Lipinski definition) is 2. The van der Waals surface area contributed by atoms with E-state index in [1.807, 2.05) is 12.1 Å². The molecule has 0 bridgehead atoms. The van der Waals surface area contributed by atoms with Crippen molar-refractivity contribution in [2.24, 2.45) is 0 Å². The second-order valence-electron chi connectivity index (χ2n) is 2.30. The highest BCUT2D eigenvalue weighted by atomic mass is 79.9. The maximum absolute atomic E-state index is 8.96. The highest BCUT2D eigenvalue weighted by Gasteiger charge is 1.91. The van der Waals surface area contributed by atoms with E-state index in [2.05, 4.69) is 20.5 Å². The fourth-order valence-electron chi connectivity index (χ4n) is 0.854. The minimum atomic E-state index is 0.320. The lowest BCUT2D eigenvalue weighted by molar-refractivity contribution is 0.475. The summed E-state index contributed by atoms with van der Waals surface area (Å²) in [6, 6.07) is 7.23. The summed E-state index contributed by atoms with van der Waals surface area (Å²) >= 11 is 3.12. The molecule has 2 nitrogen and oxygen atoms in total. The van der Waals surface area contributed by atoms with Crippen LogP contribution in [0.3, 0.4) is 0 Å². The monoisotopic (exact) mass is 215 g/mol. The molecule has 0 amide bonds. The summed E-state index contributed by atoms with van der Waals surface area (Å²) in [7, 11) is 0. The average Bonchev–Trinajstić information content (AvgIpc) is 2.04.